The molecule has 0 aliphatic heterocycles. The van der Waals surface area contributed by atoms with Crippen molar-refractivity contribution >= 4 is 0 Å². The number of allylic oxidation sites excluding steroid dienone is 1. The van der Waals surface area contributed by atoms with Crippen molar-refractivity contribution in [1.29, 1.82) is 0 Å². The first-order chi connectivity index (χ1) is 11.8. The first-order valence-corrected chi connectivity index (χ1v) is 10.4. The SMILES string of the molecule is C=C(C)[C@H]1CC[C@H]2[C@@H]3CC[C@@H]4C[C@](O)(C(F)F)CC[C@@H]4[C@H]3CC[C@]12C. The minimum atomic E-state index is -2.59. The van der Waals surface area contributed by atoms with Gasteiger partial charge in [-0.2, -0.15) is 0 Å². The van der Waals surface area contributed by atoms with Gasteiger partial charge in [-0.05, 0) is 106 Å². The molecule has 142 valence electrons. The molecule has 0 unspecified atom stereocenters. The summed E-state index contributed by atoms with van der Waals surface area (Å²) in [5.41, 5.74) is 0.0603. The fourth-order valence-corrected chi connectivity index (χ4v) is 7.92. The summed E-state index contributed by atoms with van der Waals surface area (Å²) in [5, 5.41) is 10.3. The van der Waals surface area contributed by atoms with E-state index in [-0.39, 0.29) is 0 Å². The maximum atomic E-state index is 13.3. The maximum absolute atomic E-state index is 13.3. The van der Waals surface area contributed by atoms with Crippen molar-refractivity contribution in [2.75, 3.05) is 0 Å². The fraction of sp³-hybridized carbons (Fsp3) is 0.909. The largest absolute Gasteiger partial charge is 0.384 e. The van der Waals surface area contributed by atoms with Crippen LogP contribution in [0.15, 0.2) is 12.2 Å². The Kier molecular flexibility index (Phi) is 4.34. The van der Waals surface area contributed by atoms with E-state index in [0.717, 1.165) is 24.7 Å². The predicted molar refractivity (Wildman–Crippen MR) is 96.4 cm³/mol. The monoisotopic (exact) mass is 352 g/mol. The zero-order valence-electron chi connectivity index (χ0n) is 15.8. The van der Waals surface area contributed by atoms with Gasteiger partial charge in [-0.1, -0.05) is 19.1 Å². The van der Waals surface area contributed by atoms with Crippen LogP contribution in [0.5, 0.6) is 0 Å². The van der Waals surface area contributed by atoms with Crippen molar-refractivity contribution in [2.24, 2.45) is 40.9 Å². The van der Waals surface area contributed by atoms with Crippen LogP contribution in [-0.4, -0.2) is 17.1 Å². The molecule has 4 saturated carbocycles. The minimum Gasteiger partial charge on any atom is -0.384 e. The molecule has 1 N–H and O–H groups in total. The summed E-state index contributed by atoms with van der Waals surface area (Å²) in [7, 11) is 0. The highest BCUT2D eigenvalue weighted by atomic mass is 19.3. The van der Waals surface area contributed by atoms with E-state index in [0.29, 0.717) is 41.9 Å². The number of aliphatic hydroxyl groups is 1. The molecule has 0 aromatic heterocycles. The molecule has 0 aromatic rings. The smallest absolute Gasteiger partial charge is 0.266 e. The molecule has 0 aromatic carbocycles. The quantitative estimate of drug-likeness (QED) is 0.620. The van der Waals surface area contributed by atoms with Crippen molar-refractivity contribution in [3.63, 3.8) is 0 Å². The van der Waals surface area contributed by atoms with Gasteiger partial charge >= 0.3 is 0 Å². The molecule has 0 heterocycles. The van der Waals surface area contributed by atoms with E-state index in [9.17, 15) is 13.9 Å². The number of hydrogen-bond donors (Lipinski definition) is 1. The van der Waals surface area contributed by atoms with Crippen molar-refractivity contribution in [2.45, 2.75) is 83.7 Å². The summed E-state index contributed by atoms with van der Waals surface area (Å²) in [4.78, 5) is 0. The Morgan fingerprint density at radius 1 is 1.00 bits per heavy atom. The Bertz CT molecular complexity index is 546. The Morgan fingerprint density at radius 3 is 2.40 bits per heavy atom. The summed E-state index contributed by atoms with van der Waals surface area (Å²) in [6.45, 7) is 8.98. The average Bonchev–Trinajstić information content (AvgIpc) is 2.91. The summed E-state index contributed by atoms with van der Waals surface area (Å²) in [6, 6.07) is 0. The average molecular weight is 353 g/mol. The van der Waals surface area contributed by atoms with Crippen LogP contribution in [0.25, 0.3) is 0 Å². The third-order valence-corrected chi connectivity index (χ3v) is 9.05. The summed E-state index contributed by atoms with van der Waals surface area (Å²) >= 11 is 0. The van der Waals surface area contributed by atoms with Crippen LogP contribution in [0.4, 0.5) is 8.78 Å². The minimum absolute atomic E-state index is 0.297. The van der Waals surface area contributed by atoms with Gasteiger partial charge in [-0.3, -0.25) is 0 Å². The van der Waals surface area contributed by atoms with Gasteiger partial charge in [0.05, 0.1) is 0 Å². The third kappa shape index (κ3) is 2.63. The van der Waals surface area contributed by atoms with Gasteiger partial charge in [0.25, 0.3) is 6.43 Å². The lowest BCUT2D eigenvalue weighted by molar-refractivity contribution is -0.158. The van der Waals surface area contributed by atoms with Crippen molar-refractivity contribution in [3.8, 4) is 0 Å². The zero-order chi connectivity index (χ0) is 18.0. The normalized spacial score (nSPS) is 52.4. The van der Waals surface area contributed by atoms with E-state index >= 15 is 0 Å². The Balaban J connectivity index is 1.53. The molecule has 4 aliphatic carbocycles. The Morgan fingerprint density at radius 2 is 1.72 bits per heavy atom. The van der Waals surface area contributed by atoms with E-state index in [1.54, 1.807) is 0 Å². The second-order valence-electron chi connectivity index (χ2n) is 10.1. The molecule has 0 amide bonds. The zero-order valence-corrected chi connectivity index (χ0v) is 15.8. The predicted octanol–water partition coefficient (Wildman–Crippen LogP) is 5.83. The topological polar surface area (TPSA) is 20.2 Å². The summed E-state index contributed by atoms with van der Waals surface area (Å²) < 4.78 is 26.6. The number of hydrogen-bond acceptors (Lipinski definition) is 1. The summed E-state index contributed by atoms with van der Waals surface area (Å²) in [6.07, 6.45) is 6.23. The van der Waals surface area contributed by atoms with Gasteiger partial charge in [0, 0.05) is 0 Å². The van der Waals surface area contributed by atoms with Gasteiger partial charge in [0.1, 0.15) is 5.60 Å². The Hall–Kier alpha value is -0.440. The first kappa shape index (κ1) is 17.9. The van der Waals surface area contributed by atoms with Gasteiger partial charge < -0.3 is 5.11 Å². The molecule has 4 rings (SSSR count). The number of halogens is 2. The van der Waals surface area contributed by atoms with Crippen LogP contribution >= 0.6 is 0 Å². The van der Waals surface area contributed by atoms with E-state index in [4.69, 9.17) is 0 Å². The molecule has 3 heteroatoms. The maximum Gasteiger partial charge on any atom is 0.266 e. The van der Waals surface area contributed by atoms with Crippen LogP contribution < -0.4 is 0 Å². The molecule has 0 bridgehead atoms. The molecule has 0 spiro atoms. The van der Waals surface area contributed by atoms with Crippen molar-refractivity contribution in [3.05, 3.63) is 12.2 Å². The Labute approximate surface area is 151 Å². The van der Waals surface area contributed by atoms with Gasteiger partial charge in [0.15, 0.2) is 0 Å². The van der Waals surface area contributed by atoms with Gasteiger partial charge in [-0.15, -0.1) is 0 Å². The van der Waals surface area contributed by atoms with Crippen LogP contribution in [0.2, 0.25) is 0 Å². The highest BCUT2D eigenvalue weighted by Gasteiger charge is 2.58. The summed E-state index contributed by atoms with van der Waals surface area (Å²) in [5.74, 6) is 3.85. The van der Waals surface area contributed by atoms with Gasteiger partial charge in [-0.25, -0.2) is 8.78 Å². The van der Waals surface area contributed by atoms with Crippen LogP contribution in [0.3, 0.4) is 0 Å². The van der Waals surface area contributed by atoms with Crippen LogP contribution in [0.1, 0.15) is 71.6 Å². The molecule has 4 fully saturated rings. The lowest BCUT2D eigenvalue weighted by atomic mass is 9.48. The fourth-order valence-electron chi connectivity index (χ4n) is 7.92. The lowest BCUT2D eigenvalue weighted by Gasteiger charge is -2.57. The third-order valence-electron chi connectivity index (χ3n) is 9.05. The van der Waals surface area contributed by atoms with Gasteiger partial charge in [0.2, 0.25) is 0 Å². The van der Waals surface area contributed by atoms with E-state index in [1.165, 1.54) is 37.7 Å². The lowest BCUT2D eigenvalue weighted by Crippen LogP contribution is -2.52. The number of alkyl halides is 2. The van der Waals surface area contributed by atoms with Crippen LogP contribution in [-0.2, 0) is 0 Å². The van der Waals surface area contributed by atoms with Crippen LogP contribution in [0, 0.1) is 40.9 Å². The van der Waals surface area contributed by atoms with Crippen molar-refractivity contribution < 1.29 is 13.9 Å². The van der Waals surface area contributed by atoms with E-state index in [2.05, 4.69) is 20.4 Å². The highest BCUT2D eigenvalue weighted by molar-refractivity contribution is 5.14. The molecule has 0 radical (unpaired) electrons. The van der Waals surface area contributed by atoms with E-state index < -0.39 is 12.0 Å². The molecular formula is C22H34F2O. The van der Waals surface area contributed by atoms with Crippen molar-refractivity contribution in [1.82, 2.24) is 0 Å². The number of fused-ring (bicyclic) bond motifs is 5. The standard InChI is InChI=1S/C22H34F2O/c1-13(2)18-6-7-19-17-5-4-14-12-22(25,20(23)24)11-9-15(14)16(17)8-10-21(18,19)3/h14-20,25H,1,4-12H2,2-3H3/t14-,15+,16-,17-,18-,19+,21-,22+/m1/s1. The molecule has 4 aliphatic rings. The molecule has 25 heavy (non-hydrogen) atoms. The second-order valence-corrected chi connectivity index (χ2v) is 10.1. The molecular weight excluding hydrogens is 318 g/mol. The first-order valence-electron chi connectivity index (χ1n) is 10.4. The molecule has 1 nitrogen and oxygen atoms in total. The number of rotatable bonds is 2. The molecule has 8 atom stereocenters. The van der Waals surface area contributed by atoms with E-state index in [1.807, 2.05) is 0 Å². The highest BCUT2D eigenvalue weighted by Crippen LogP contribution is 2.65. The second kappa shape index (κ2) is 6.04. The molecule has 0 saturated heterocycles.